The van der Waals surface area contributed by atoms with Crippen LogP contribution in [0.2, 0.25) is 0 Å². The second-order valence-corrected chi connectivity index (χ2v) is 5.82. The van der Waals surface area contributed by atoms with Gasteiger partial charge in [0, 0.05) is 18.8 Å². The van der Waals surface area contributed by atoms with E-state index in [1.807, 2.05) is 19.1 Å². The number of carboxylic acid groups (broad SMARTS) is 1. The molecule has 5 nitrogen and oxygen atoms in total. The number of hydrogen-bond acceptors (Lipinski definition) is 3. The number of anilines is 1. The van der Waals surface area contributed by atoms with Gasteiger partial charge in [0.1, 0.15) is 0 Å². The second-order valence-electron chi connectivity index (χ2n) is 5.82. The topological polar surface area (TPSA) is 83.6 Å². The lowest BCUT2D eigenvalue weighted by atomic mass is 9.83. The SMILES string of the molecule is CCCC1(C(=O)O)CCN(C(=O)Cc2cccc(N)c2)C1. The van der Waals surface area contributed by atoms with Crippen LogP contribution in [-0.2, 0) is 16.0 Å². The first kappa shape index (κ1) is 15.4. The summed E-state index contributed by atoms with van der Waals surface area (Å²) in [5.41, 5.74) is 6.44. The van der Waals surface area contributed by atoms with Crippen LogP contribution in [0.15, 0.2) is 24.3 Å². The molecule has 1 fully saturated rings. The molecule has 0 radical (unpaired) electrons. The maximum atomic E-state index is 12.3. The van der Waals surface area contributed by atoms with Gasteiger partial charge in [0.15, 0.2) is 0 Å². The third kappa shape index (κ3) is 3.35. The van der Waals surface area contributed by atoms with Gasteiger partial charge in [-0.2, -0.15) is 0 Å². The quantitative estimate of drug-likeness (QED) is 0.811. The van der Waals surface area contributed by atoms with Gasteiger partial charge in [0.2, 0.25) is 5.91 Å². The summed E-state index contributed by atoms with van der Waals surface area (Å²) >= 11 is 0. The number of rotatable bonds is 5. The Kier molecular flexibility index (Phi) is 4.50. The van der Waals surface area contributed by atoms with Gasteiger partial charge < -0.3 is 15.7 Å². The zero-order valence-corrected chi connectivity index (χ0v) is 12.3. The van der Waals surface area contributed by atoms with Gasteiger partial charge >= 0.3 is 5.97 Å². The summed E-state index contributed by atoms with van der Waals surface area (Å²) in [6, 6.07) is 7.24. The van der Waals surface area contributed by atoms with Gasteiger partial charge in [-0.1, -0.05) is 25.5 Å². The fourth-order valence-corrected chi connectivity index (χ4v) is 3.04. The highest BCUT2D eigenvalue weighted by atomic mass is 16.4. The molecule has 1 saturated heterocycles. The number of hydrogen-bond donors (Lipinski definition) is 2. The maximum absolute atomic E-state index is 12.3. The summed E-state index contributed by atoms with van der Waals surface area (Å²) in [5, 5.41) is 9.47. The van der Waals surface area contributed by atoms with E-state index in [1.165, 1.54) is 0 Å². The van der Waals surface area contributed by atoms with Crippen LogP contribution >= 0.6 is 0 Å². The summed E-state index contributed by atoms with van der Waals surface area (Å²) in [6.07, 6.45) is 2.24. The molecule has 1 unspecified atom stereocenters. The number of carbonyl (C=O) groups is 2. The van der Waals surface area contributed by atoms with Gasteiger partial charge in [-0.15, -0.1) is 0 Å². The molecule has 1 amide bonds. The van der Waals surface area contributed by atoms with Crippen LogP contribution in [0.25, 0.3) is 0 Å². The molecule has 0 spiro atoms. The summed E-state index contributed by atoms with van der Waals surface area (Å²) < 4.78 is 0. The summed E-state index contributed by atoms with van der Waals surface area (Å²) in [7, 11) is 0. The molecule has 5 heteroatoms. The number of nitrogens with zero attached hydrogens (tertiary/aromatic N) is 1. The van der Waals surface area contributed by atoms with Crippen molar-refractivity contribution in [3.63, 3.8) is 0 Å². The Labute approximate surface area is 124 Å². The minimum atomic E-state index is -0.788. The minimum Gasteiger partial charge on any atom is -0.481 e. The second kappa shape index (κ2) is 6.16. The lowest BCUT2D eigenvalue weighted by molar-refractivity contribution is -0.149. The van der Waals surface area contributed by atoms with Crippen LogP contribution < -0.4 is 5.73 Å². The lowest BCUT2D eigenvalue weighted by Gasteiger charge is -2.24. The third-order valence-electron chi connectivity index (χ3n) is 4.20. The molecule has 1 aromatic carbocycles. The molecule has 1 aromatic rings. The van der Waals surface area contributed by atoms with Crippen LogP contribution in [0, 0.1) is 5.41 Å². The number of aliphatic carboxylic acids is 1. The molecular formula is C16H22N2O3. The van der Waals surface area contributed by atoms with Crippen molar-refractivity contribution in [3.8, 4) is 0 Å². The third-order valence-corrected chi connectivity index (χ3v) is 4.20. The van der Waals surface area contributed by atoms with Crippen LogP contribution in [0.5, 0.6) is 0 Å². The molecule has 2 rings (SSSR count). The Morgan fingerprint density at radius 1 is 1.43 bits per heavy atom. The number of likely N-dealkylation sites (tertiary alicyclic amines) is 1. The number of benzene rings is 1. The highest BCUT2D eigenvalue weighted by Gasteiger charge is 2.45. The Morgan fingerprint density at radius 3 is 2.81 bits per heavy atom. The molecular weight excluding hydrogens is 268 g/mol. The number of carboxylic acids is 1. The zero-order valence-electron chi connectivity index (χ0n) is 12.3. The van der Waals surface area contributed by atoms with Crippen molar-refractivity contribution in [1.29, 1.82) is 0 Å². The molecule has 0 aliphatic carbocycles. The smallest absolute Gasteiger partial charge is 0.311 e. The Bertz CT molecular complexity index is 544. The summed E-state index contributed by atoms with van der Waals surface area (Å²) in [6.45, 7) is 2.81. The number of amides is 1. The summed E-state index contributed by atoms with van der Waals surface area (Å²) in [4.78, 5) is 25.5. The standard InChI is InChI=1S/C16H22N2O3/c1-2-6-16(15(20)21)7-8-18(11-16)14(19)10-12-4-3-5-13(17)9-12/h3-5,9H,2,6-8,10-11,17H2,1H3,(H,20,21). The highest BCUT2D eigenvalue weighted by molar-refractivity contribution is 5.82. The van der Waals surface area contributed by atoms with E-state index in [1.54, 1.807) is 17.0 Å². The van der Waals surface area contributed by atoms with Crippen molar-refractivity contribution < 1.29 is 14.7 Å². The Morgan fingerprint density at radius 2 is 2.19 bits per heavy atom. The monoisotopic (exact) mass is 290 g/mol. The molecule has 0 saturated carbocycles. The van der Waals surface area contributed by atoms with Crippen molar-refractivity contribution in [2.24, 2.45) is 5.41 Å². The minimum absolute atomic E-state index is 0.0279. The van der Waals surface area contributed by atoms with E-state index in [0.29, 0.717) is 31.6 Å². The molecule has 0 aromatic heterocycles. The fraction of sp³-hybridized carbons (Fsp3) is 0.500. The van der Waals surface area contributed by atoms with Gasteiger partial charge in [-0.05, 0) is 30.5 Å². The molecule has 3 N–H and O–H groups in total. The van der Waals surface area contributed by atoms with Crippen molar-refractivity contribution in [3.05, 3.63) is 29.8 Å². The Hall–Kier alpha value is -2.04. The maximum Gasteiger partial charge on any atom is 0.311 e. The van der Waals surface area contributed by atoms with Crippen LogP contribution in [0.1, 0.15) is 31.7 Å². The first-order valence-corrected chi connectivity index (χ1v) is 7.32. The van der Waals surface area contributed by atoms with E-state index < -0.39 is 11.4 Å². The van der Waals surface area contributed by atoms with Crippen LogP contribution in [0.4, 0.5) is 5.69 Å². The van der Waals surface area contributed by atoms with E-state index in [0.717, 1.165) is 12.0 Å². The molecule has 1 aliphatic rings. The zero-order chi connectivity index (χ0) is 15.5. The van der Waals surface area contributed by atoms with Gasteiger partial charge in [-0.25, -0.2) is 0 Å². The molecule has 21 heavy (non-hydrogen) atoms. The van der Waals surface area contributed by atoms with Crippen molar-refractivity contribution in [2.45, 2.75) is 32.6 Å². The number of carbonyl (C=O) groups excluding carboxylic acids is 1. The van der Waals surface area contributed by atoms with E-state index in [2.05, 4.69) is 0 Å². The predicted molar refractivity (Wildman–Crippen MR) is 80.7 cm³/mol. The molecule has 1 heterocycles. The molecule has 1 atom stereocenters. The van der Waals surface area contributed by atoms with Crippen molar-refractivity contribution in [2.75, 3.05) is 18.8 Å². The van der Waals surface area contributed by atoms with Gasteiger partial charge in [0.25, 0.3) is 0 Å². The van der Waals surface area contributed by atoms with Crippen molar-refractivity contribution in [1.82, 2.24) is 4.90 Å². The number of nitrogen functional groups attached to an aromatic ring is 1. The van der Waals surface area contributed by atoms with E-state index in [9.17, 15) is 14.7 Å². The highest BCUT2D eigenvalue weighted by Crippen LogP contribution is 2.35. The van der Waals surface area contributed by atoms with Crippen molar-refractivity contribution >= 4 is 17.6 Å². The average Bonchev–Trinajstić information content (AvgIpc) is 2.85. The first-order valence-electron chi connectivity index (χ1n) is 7.32. The normalized spacial score (nSPS) is 21.5. The van der Waals surface area contributed by atoms with Crippen LogP contribution in [-0.4, -0.2) is 35.0 Å². The average molecular weight is 290 g/mol. The molecule has 114 valence electrons. The Balaban J connectivity index is 2.03. The van der Waals surface area contributed by atoms with Gasteiger partial charge in [-0.3, -0.25) is 9.59 Å². The first-order chi connectivity index (χ1) is 9.97. The largest absolute Gasteiger partial charge is 0.481 e. The fourth-order valence-electron chi connectivity index (χ4n) is 3.04. The molecule has 1 aliphatic heterocycles. The van der Waals surface area contributed by atoms with Crippen LogP contribution in [0.3, 0.4) is 0 Å². The van der Waals surface area contributed by atoms with Gasteiger partial charge in [0.05, 0.1) is 11.8 Å². The van der Waals surface area contributed by atoms with E-state index >= 15 is 0 Å². The summed E-state index contributed by atoms with van der Waals surface area (Å²) in [5.74, 6) is -0.816. The van der Waals surface area contributed by atoms with E-state index in [4.69, 9.17) is 5.73 Å². The number of nitrogens with two attached hydrogens (primary N) is 1. The molecule has 0 bridgehead atoms. The predicted octanol–water partition coefficient (Wildman–Crippen LogP) is 1.91. The van der Waals surface area contributed by atoms with E-state index in [-0.39, 0.29) is 12.3 Å². The lowest BCUT2D eigenvalue weighted by Crippen LogP contribution is -2.37.